The van der Waals surface area contributed by atoms with E-state index in [2.05, 4.69) is 18.5 Å². The molecule has 2 aromatic rings. The normalized spacial score (nSPS) is 18.3. The van der Waals surface area contributed by atoms with E-state index < -0.39 is 17.7 Å². The zero-order valence-corrected chi connectivity index (χ0v) is 21.0. The van der Waals surface area contributed by atoms with E-state index in [0.717, 1.165) is 23.3 Å². The fourth-order valence-electron chi connectivity index (χ4n) is 4.54. The van der Waals surface area contributed by atoms with Crippen molar-refractivity contribution in [3.63, 3.8) is 0 Å². The Kier molecular flexibility index (Phi) is 8.53. The number of benzene rings is 2. The number of carbonyl (C=O) groups excluding carboxylic acids is 1. The van der Waals surface area contributed by atoms with Gasteiger partial charge in [-0.25, -0.2) is 0 Å². The Labute approximate surface area is 214 Å². The Balaban J connectivity index is 2.03. The first-order valence-electron chi connectivity index (χ1n) is 11.6. The van der Waals surface area contributed by atoms with Gasteiger partial charge in [0.05, 0.1) is 19.8 Å². The van der Waals surface area contributed by atoms with Crippen LogP contribution < -0.4 is 14.8 Å². The Hall–Kier alpha value is -3.94. The molecule has 0 bridgehead atoms. The molecule has 2 atom stereocenters. The molecule has 0 saturated heterocycles. The number of halogens is 3. The summed E-state index contributed by atoms with van der Waals surface area (Å²) in [6.45, 7) is 9.45. The van der Waals surface area contributed by atoms with E-state index in [1.54, 1.807) is 30.4 Å². The molecule has 0 spiro atoms. The Morgan fingerprint density at radius 1 is 1.14 bits per heavy atom. The number of methoxy groups -OCH3 is 2. The number of carbonyl (C=O) groups is 1. The standard InChI is InChI=1S/C29H30F3NO4/c1-6-8-18(7-2)16-33-27(34)15-23-17(3)22(21-10-9-20(14-24(21)23)29(30,31)32)11-19-12-25(36-4)28(35)26(13-19)37-5/h6-14,17,23,35H,1-2,15-16H2,3-5H3,(H,33,34)/b18-8+,22-11-. The zero-order chi connectivity index (χ0) is 27.3. The highest BCUT2D eigenvalue weighted by molar-refractivity contribution is 5.90. The van der Waals surface area contributed by atoms with Crippen LogP contribution in [-0.4, -0.2) is 31.8 Å². The van der Waals surface area contributed by atoms with Gasteiger partial charge < -0.3 is 19.9 Å². The molecule has 1 aliphatic carbocycles. The first kappa shape index (κ1) is 27.6. The minimum Gasteiger partial charge on any atom is -0.502 e. The second kappa shape index (κ2) is 11.4. The lowest BCUT2D eigenvalue weighted by molar-refractivity contribution is -0.137. The SMILES string of the molecule is C=C/C=C(\C=C)CNC(=O)CC1c2cc(C(F)(F)F)ccc2/C(=C\c2cc(OC)c(O)c(OC)c2)C1C. The van der Waals surface area contributed by atoms with Gasteiger partial charge in [0.1, 0.15) is 0 Å². The molecule has 0 fully saturated rings. The van der Waals surface area contributed by atoms with E-state index in [4.69, 9.17) is 9.47 Å². The van der Waals surface area contributed by atoms with Gasteiger partial charge in [0.15, 0.2) is 11.5 Å². The van der Waals surface area contributed by atoms with Crippen LogP contribution in [0.4, 0.5) is 13.2 Å². The third-order valence-electron chi connectivity index (χ3n) is 6.50. The molecule has 0 saturated carbocycles. The maximum atomic E-state index is 13.5. The van der Waals surface area contributed by atoms with Crippen LogP contribution in [0.15, 0.2) is 67.3 Å². The molecule has 1 aliphatic rings. The summed E-state index contributed by atoms with van der Waals surface area (Å²) >= 11 is 0. The van der Waals surface area contributed by atoms with Gasteiger partial charge in [-0.2, -0.15) is 13.2 Å². The van der Waals surface area contributed by atoms with Gasteiger partial charge in [-0.05, 0) is 63.9 Å². The van der Waals surface area contributed by atoms with Crippen molar-refractivity contribution in [3.8, 4) is 17.2 Å². The maximum Gasteiger partial charge on any atom is 0.416 e. The van der Waals surface area contributed by atoms with E-state index in [9.17, 15) is 23.1 Å². The van der Waals surface area contributed by atoms with Gasteiger partial charge in [0.25, 0.3) is 0 Å². The number of aromatic hydroxyl groups is 1. The van der Waals surface area contributed by atoms with Gasteiger partial charge in [0, 0.05) is 13.0 Å². The average molecular weight is 514 g/mol. The molecule has 2 aromatic carbocycles. The number of nitrogens with one attached hydrogen (secondary N) is 1. The third-order valence-corrected chi connectivity index (χ3v) is 6.50. The number of phenols is 1. The van der Waals surface area contributed by atoms with Crippen molar-refractivity contribution in [3.05, 3.63) is 89.5 Å². The number of amides is 1. The Bertz CT molecular complexity index is 1240. The van der Waals surface area contributed by atoms with Gasteiger partial charge in [0.2, 0.25) is 11.7 Å². The molecule has 2 unspecified atom stereocenters. The highest BCUT2D eigenvalue weighted by atomic mass is 19.4. The molecule has 0 aromatic heterocycles. The molecule has 8 heteroatoms. The lowest BCUT2D eigenvalue weighted by Crippen LogP contribution is -2.27. The van der Waals surface area contributed by atoms with Gasteiger partial charge in [-0.15, -0.1) is 0 Å². The molecular formula is C29H30F3NO4. The van der Waals surface area contributed by atoms with Crippen molar-refractivity contribution >= 4 is 17.6 Å². The van der Waals surface area contributed by atoms with Crippen LogP contribution in [0.2, 0.25) is 0 Å². The number of rotatable bonds is 9. The first-order valence-corrected chi connectivity index (χ1v) is 11.6. The average Bonchev–Trinajstić information content (AvgIpc) is 3.12. The van der Waals surface area contributed by atoms with Crippen LogP contribution in [-0.2, 0) is 11.0 Å². The van der Waals surface area contributed by atoms with Crippen molar-refractivity contribution in [2.24, 2.45) is 5.92 Å². The molecule has 37 heavy (non-hydrogen) atoms. The van der Waals surface area contributed by atoms with E-state index in [0.29, 0.717) is 16.7 Å². The lowest BCUT2D eigenvalue weighted by atomic mass is 9.88. The lowest BCUT2D eigenvalue weighted by Gasteiger charge is -2.18. The Morgan fingerprint density at radius 2 is 1.78 bits per heavy atom. The monoisotopic (exact) mass is 513 g/mol. The smallest absolute Gasteiger partial charge is 0.416 e. The number of hydrogen-bond donors (Lipinski definition) is 2. The number of ether oxygens (including phenoxy) is 2. The maximum absolute atomic E-state index is 13.5. The van der Waals surface area contributed by atoms with Gasteiger partial charge in [-0.3, -0.25) is 4.79 Å². The molecule has 1 amide bonds. The van der Waals surface area contributed by atoms with Crippen LogP contribution >= 0.6 is 0 Å². The number of hydrogen-bond acceptors (Lipinski definition) is 4. The summed E-state index contributed by atoms with van der Waals surface area (Å²) in [5.74, 6) is -0.776. The molecule has 3 rings (SSSR count). The molecular weight excluding hydrogens is 483 g/mol. The van der Waals surface area contributed by atoms with Crippen LogP contribution in [0.5, 0.6) is 17.2 Å². The van der Waals surface area contributed by atoms with Crippen molar-refractivity contribution < 1.29 is 32.5 Å². The van der Waals surface area contributed by atoms with Crippen molar-refractivity contribution in [2.45, 2.75) is 25.4 Å². The fourth-order valence-corrected chi connectivity index (χ4v) is 4.54. The highest BCUT2D eigenvalue weighted by Gasteiger charge is 2.38. The van der Waals surface area contributed by atoms with E-state index in [1.165, 1.54) is 20.3 Å². The summed E-state index contributed by atoms with van der Waals surface area (Å²) < 4.78 is 51.1. The summed E-state index contributed by atoms with van der Waals surface area (Å²) in [7, 11) is 2.82. The first-order chi connectivity index (χ1) is 17.5. The fraction of sp³-hybridized carbons (Fsp3) is 0.276. The minimum atomic E-state index is -4.51. The summed E-state index contributed by atoms with van der Waals surface area (Å²) in [5.41, 5.74) is 2.51. The van der Waals surface area contributed by atoms with E-state index in [1.807, 2.05) is 13.0 Å². The molecule has 0 aliphatic heterocycles. The molecule has 2 N–H and O–H groups in total. The predicted octanol–water partition coefficient (Wildman–Crippen LogP) is 6.51. The summed E-state index contributed by atoms with van der Waals surface area (Å²) in [4.78, 5) is 12.8. The van der Waals surface area contributed by atoms with Crippen LogP contribution in [0.1, 0.15) is 41.5 Å². The second-order valence-electron chi connectivity index (χ2n) is 8.73. The summed E-state index contributed by atoms with van der Waals surface area (Å²) in [6, 6.07) is 6.87. The topological polar surface area (TPSA) is 67.8 Å². The molecule has 5 nitrogen and oxygen atoms in total. The highest BCUT2D eigenvalue weighted by Crippen LogP contribution is 2.50. The van der Waals surface area contributed by atoms with E-state index >= 15 is 0 Å². The summed E-state index contributed by atoms with van der Waals surface area (Å²) in [6.07, 6.45) is 2.23. The number of fused-ring (bicyclic) bond motifs is 1. The molecule has 196 valence electrons. The van der Waals surface area contributed by atoms with Crippen molar-refractivity contribution in [1.82, 2.24) is 5.32 Å². The second-order valence-corrected chi connectivity index (χ2v) is 8.73. The van der Waals surface area contributed by atoms with Crippen molar-refractivity contribution in [1.29, 1.82) is 0 Å². The number of allylic oxidation sites excluding steroid dienone is 3. The predicted molar refractivity (Wildman–Crippen MR) is 139 cm³/mol. The number of phenolic OH excluding ortho intramolecular Hbond substituents is 1. The van der Waals surface area contributed by atoms with Crippen molar-refractivity contribution in [2.75, 3.05) is 20.8 Å². The van der Waals surface area contributed by atoms with Gasteiger partial charge >= 0.3 is 6.18 Å². The Morgan fingerprint density at radius 3 is 2.32 bits per heavy atom. The zero-order valence-electron chi connectivity index (χ0n) is 21.0. The largest absolute Gasteiger partial charge is 0.502 e. The molecule has 0 radical (unpaired) electrons. The van der Waals surface area contributed by atoms with Crippen LogP contribution in [0.25, 0.3) is 11.6 Å². The van der Waals surface area contributed by atoms with Gasteiger partial charge in [-0.1, -0.05) is 50.5 Å². The van der Waals surface area contributed by atoms with Crippen LogP contribution in [0, 0.1) is 5.92 Å². The van der Waals surface area contributed by atoms with Crippen LogP contribution in [0.3, 0.4) is 0 Å². The minimum absolute atomic E-state index is 0.00749. The quantitative estimate of drug-likeness (QED) is 0.375. The van der Waals surface area contributed by atoms with E-state index in [-0.39, 0.29) is 42.0 Å². The summed E-state index contributed by atoms with van der Waals surface area (Å²) in [5, 5.41) is 13.0. The number of alkyl halides is 3. The molecule has 0 heterocycles. The third kappa shape index (κ3) is 6.07.